The predicted molar refractivity (Wildman–Crippen MR) is 194 cm³/mol. The van der Waals surface area contributed by atoms with E-state index in [1.54, 1.807) is 0 Å². The van der Waals surface area contributed by atoms with Gasteiger partial charge >= 0.3 is 0 Å². The summed E-state index contributed by atoms with van der Waals surface area (Å²) in [5, 5.41) is 8.55. The molecule has 0 amide bonds. The molecule has 0 saturated heterocycles. The highest BCUT2D eigenvalue weighted by Gasteiger charge is 2.20. The van der Waals surface area contributed by atoms with Crippen LogP contribution in [0.4, 0.5) is 0 Å². The van der Waals surface area contributed by atoms with Crippen LogP contribution in [0.5, 0.6) is 0 Å². The minimum atomic E-state index is 0.925. The van der Waals surface area contributed by atoms with Gasteiger partial charge in [0.15, 0.2) is 0 Å². The number of rotatable bonds is 2. The Bertz CT molecular complexity index is 2930. The van der Waals surface area contributed by atoms with Gasteiger partial charge in [-0.05, 0) is 66.1 Å². The molecule has 0 atom stereocenters. The molecular formula is C42H25NO2S. The van der Waals surface area contributed by atoms with Crippen LogP contribution in [0.2, 0.25) is 0 Å². The topological polar surface area (TPSA) is 31.2 Å². The molecule has 0 N–H and O–H groups in total. The monoisotopic (exact) mass is 607 g/mol. The van der Waals surface area contributed by atoms with Gasteiger partial charge in [0.25, 0.3) is 0 Å². The molecule has 0 unspecified atom stereocenters. The Morgan fingerprint density at radius 3 is 2.41 bits per heavy atom. The number of furan rings is 2. The van der Waals surface area contributed by atoms with Crippen molar-refractivity contribution in [3.05, 3.63) is 133 Å². The molecule has 4 heteroatoms. The molecule has 0 spiro atoms. The maximum Gasteiger partial charge on any atom is 0.135 e. The van der Waals surface area contributed by atoms with E-state index in [2.05, 4.69) is 120 Å². The maximum absolute atomic E-state index is 6.38. The van der Waals surface area contributed by atoms with Crippen molar-refractivity contribution in [1.82, 2.24) is 4.57 Å². The smallest absolute Gasteiger partial charge is 0.135 e. The highest BCUT2D eigenvalue weighted by molar-refractivity contribution is 7.26. The Kier molecular flexibility index (Phi) is 4.83. The van der Waals surface area contributed by atoms with E-state index < -0.39 is 0 Å². The second-order valence-corrected chi connectivity index (χ2v) is 13.4. The zero-order valence-corrected chi connectivity index (χ0v) is 25.5. The lowest BCUT2D eigenvalue weighted by molar-refractivity contribution is 0.546. The van der Waals surface area contributed by atoms with Crippen LogP contribution in [-0.2, 0) is 6.42 Å². The second-order valence-electron chi connectivity index (χ2n) is 12.4. The van der Waals surface area contributed by atoms with Crippen LogP contribution < -0.4 is 0 Å². The molecular weight excluding hydrogens is 583 g/mol. The summed E-state index contributed by atoms with van der Waals surface area (Å²) in [6.45, 7) is 0. The van der Waals surface area contributed by atoms with Crippen LogP contribution in [0.25, 0.3) is 97.8 Å². The number of allylic oxidation sites excluding steroid dienone is 1. The number of nitrogens with zero attached hydrogens (tertiary/aromatic N) is 1. The van der Waals surface area contributed by atoms with Crippen LogP contribution >= 0.6 is 11.3 Å². The fourth-order valence-corrected chi connectivity index (χ4v) is 9.01. The molecule has 46 heavy (non-hydrogen) atoms. The lowest BCUT2D eigenvalue weighted by Gasteiger charge is -2.08. The third-order valence-electron chi connectivity index (χ3n) is 9.85. The van der Waals surface area contributed by atoms with E-state index in [1.165, 1.54) is 69.7 Å². The number of para-hydroxylation sites is 2. The van der Waals surface area contributed by atoms with Crippen LogP contribution in [0.1, 0.15) is 17.7 Å². The van der Waals surface area contributed by atoms with Crippen LogP contribution in [-0.4, -0.2) is 4.57 Å². The Hall–Kier alpha value is -5.58. The number of hydrogen-bond donors (Lipinski definition) is 0. The first-order valence-electron chi connectivity index (χ1n) is 15.8. The zero-order valence-electron chi connectivity index (χ0n) is 24.7. The molecule has 0 fully saturated rings. The lowest BCUT2D eigenvalue weighted by atomic mass is 10.0. The summed E-state index contributed by atoms with van der Waals surface area (Å²) in [5.41, 5.74) is 10.1. The van der Waals surface area contributed by atoms with Crippen molar-refractivity contribution in [2.24, 2.45) is 0 Å². The van der Waals surface area contributed by atoms with E-state index in [9.17, 15) is 0 Å². The summed E-state index contributed by atoms with van der Waals surface area (Å²) in [6, 6.07) is 41.9. The third-order valence-corrected chi connectivity index (χ3v) is 11.1. The Labute approximate surface area is 267 Å². The molecule has 4 aromatic heterocycles. The first-order chi connectivity index (χ1) is 22.8. The maximum atomic E-state index is 6.38. The van der Waals surface area contributed by atoms with E-state index >= 15 is 0 Å². The minimum absolute atomic E-state index is 0.925. The highest BCUT2D eigenvalue weighted by Crippen LogP contribution is 2.44. The largest absolute Gasteiger partial charge is 0.460 e. The van der Waals surface area contributed by atoms with Gasteiger partial charge in [0.1, 0.15) is 22.5 Å². The van der Waals surface area contributed by atoms with Gasteiger partial charge in [-0.3, -0.25) is 0 Å². The molecule has 0 radical (unpaired) electrons. The fraction of sp³-hybridized carbons (Fsp3) is 0.0476. The molecule has 1 aliphatic rings. The van der Waals surface area contributed by atoms with E-state index in [1.807, 2.05) is 23.5 Å². The minimum Gasteiger partial charge on any atom is -0.460 e. The highest BCUT2D eigenvalue weighted by atomic mass is 32.1. The van der Waals surface area contributed by atoms with Crippen molar-refractivity contribution in [1.29, 1.82) is 0 Å². The van der Waals surface area contributed by atoms with Crippen molar-refractivity contribution in [3.8, 4) is 16.8 Å². The molecule has 6 aromatic carbocycles. The van der Waals surface area contributed by atoms with E-state index in [0.717, 1.165) is 46.1 Å². The first kappa shape index (κ1) is 24.7. The fourth-order valence-electron chi connectivity index (χ4n) is 7.74. The van der Waals surface area contributed by atoms with Gasteiger partial charge in [-0.25, -0.2) is 0 Å². The third kappa shape index (κ3) is 3.31. The Morgan fingerprint density at radius 2 is 1.43 bits per heavy atom. The predicted octanol–water partition coefficient (Wildman–Crippen LogP) is 12.4. The van der Waals surface area contributed by atoms with Crippen molar-refractivity contribution in [3.63, 3.8) is 0 Å². The average molecular weight is 608 g/mol. The summed E-state index contributed by atoms with van der Waals surface area (Å²) in [6.07, 6.45) is 6.49. The van der Waals surface area contributed by atoms with Crippen molar-refractivity contribution in [2.45, 2.75) is 12.8 Å². The zero-order chi connectivity index (χ0) is 29.9. The van der Waals surface area contributed by atoms with Gasteiger partial charge in [-0.1, -0.05) is 78.9 Å². The second kappa shape index (κ2) is 9.00. The molecule has 0 bridgehead atoms. The number of aromatic nitrogens is 1. The summed E-state index contributed by atoms with van der Waals surface area (Å²) in [4.78, 5) is 0. The van der Waals surface area contributed by atoms with Gasteiger partial charge in [0, 0.05) is 64.8 Å². The van der Waals surface area contributed by atoms with Crippen molar-refractivity contribution >= 4 is 92.3 Å². The lowest BCUT2D eigenvalue weighted by Crippen LogP contribution is -1.93. The normalized spacial score (nSPS) is 13.4. The van der Waals surface area contributed by atoms with E-state index in [-0.39, 0.29) is 0 Å². The van der Waals surface area contributed by atoms with Crippen molar-refractivity contribution < 1.29 is 8.83 Å². The standard InChI is InChI=1S/C42H25NO2S/c1-4-13-35-27(8-1)32-23-40-34(29-10-3-6-15-38(29)45-40)22-36(32)43(35)25-17-18-30-31-12-7-11-26(42(31)46-41(30)21-25)24-16-19-39-33(20-24)28-9-2-5-14-37(28)44-39/h1-5,7-14,16-23H,6,15H2. The molecule has 0 saturated carbocycles. The van der Waals surface area contributed by atoms with Gasteiger partial charge < -0.3 is 13.4 Å². The van der Waals surface area contributed by atoms with Crippen molar-refractivity contribution in [2.75, 3.05) is 0 Å². The number of aryl methyl sites for hydroxylation is 1. The molecule has 0 aliphatic heterocycles. The summed E-state index contributed by atoms with van der Waals surface area (Å²) in [5.74, 6) is 1.10. The van der Waals surface area contributed by atoms with E-state index in [0.29, 0.717) is 0 Å². The number of benzene rings is 6. The number of thiophene rings is 1. The summed E-state index contributed by atoms with van der Waals surface area (Å²) >= 11 is 1.88. The molecule has 11 rings (SSSR count). The summed E-state index contributed by atoms with van der Waals surface area (Å²) < 4.78 is 17.5. The molecule has 216 valence electrons. The number of hydrogen-bond acceptors (Lipinski definition) is 3. The van der Waals surface area contributed by atoms with Crippen LogP contribution in [0, 0.1) is 0 Å². The molecule has 10 aromatic rings. The first-order valence-corrected chi connectivity index (χ1v) is 16.6. The van der Waals surface area contributed by atoms with Gasteiger partial charge in [0.2, 0.25) is 0 Å². The van der Waals surface area contributed by atoms with Gasteiger partial charge in [0.05, 0.1) is 11.0 Å². The van der Waals surface area contributed by atoms with Gasteiger partial charge in [-0.15, -0.1) is 11.3 Å². The van der Waals surface area contributed by atoms with Gasteiger partial charge in [-0.2, -0.15) is 0 Å². The van der Waals surface area contributed by atoms with E-state index in [4.69, 9.17) is 8.83 Å². The quantitative estimate of drug-likeness (QED) is 0.196. The SMILES string of the molecule is C1=Cc2c(oc3cc4c5ccccc5n(-c5ccc6c(c5)sc5c(-c7ccc8oc9ccccc9c8c7)cccc56)c4cc23)CC1. The average Bonchev–Trinajstić information content (AvgIpc) is 3.85. The number of fused-ring (bicyclic) bond motifs is 12. The summed E-state index contributed by atoms with van der Waals surface area (Å²) in [7, 11) is 0. The molecule has 3 nitrogen and oxygen atoms in total. The Balaban J connectivity index is 1.13. The molecule has 4 heterocycles. The molecule has 1 aliphatic carbocycles. The Morgan fingerprint density at radius 1 is 0.565 bits per heavy atom. The van der Waals surface area contributed by atoms with Crippen LogP contribution in [0.15, 0.2) is 130 Å². The van der Waals surface area contributed by atoms with Crippen LogP contribution in [0.3, 0.4) is 0 Å².